The molecule has 0 amide bonds. The molecule has 0 N–H and O–H groups in total. The predicted molar refractivity (Wildman–Crippen MR) is 60.3 cm³/mol. The number of rotatable bonds is 0. The van der Waals surface area contributed by atoms with Crippen molar-refractivity contribution in [2.45, 2.75) is 57.8 Å². The molecule has 84 valence electrons. The summed E-state index contributed by atoms with van der Waals surface area (Å²) in [6.45, 7) is 0.464. The highest BCUT2D eigenvalue weighted by atomic mass is 16.5. The highest BCUT2D eigenvalue weighted by Crippen LogP contribution is 2.09. The van der Waals surface area contributed by atoms with Gasteiger partial charge in [0.15, 0.2) is 0 Å². The molecule has 0 aromatic carbocycles. The van der Waals surface area contributed by atoms with Crippen molar-refractivity contribution < 1.29 is 9.53 Å². The molecule has 1 rings (SSSR count). The van der Waals surface area contributed by atoms with Crippen molar-refractivity contribution in [1.82, 2.24) is 0 Å². The highest BCUT2D eigenvalue weighted by molar-refractivity contribution is 5.69. The molecule has 0 saturated heterocycles. The number of carbonyl (C=O) groups excluding carboxylic acids is 1. The summed E-state index contributed by atoms with van der Waals surface area (Å²) < 4.78 is 5.05. The smallest absolute Gasteiger partial charge is 0.305 e. The molecule has 1 aliphatic heterocycles. The molecular weight excluding hydrogens is 188 g/mol. The fourth-order valence-electron chi connectivity index (χ4n) is 1.65. The molecule has 0 aromatic heterocycles. The van der Waals surface area contributed by atoms with Crippen LogP contribution in [0.15, 0.2) is 0 Å². The number of carbonyl (C=O) groups is 1. The van der Waals surface area contributed by atoms with Crippen LogP contribution < -0.4 is 0 Å². The molecule has 0 atom stereocenters. The molecule has 0 bridgehead atoms. The molecule has 0 radical (unpaired) electrons. The lowest BCUT2D eigenvalue weighted by atomic mass is 10.1. The quantitative estimate of drug-likeness (QED) is 0.452. The maximum absolute atomic E-state index is 11.2. The van der Waals surface area contributed by atoms with Gasteiger partial charge in [-0.15, -0.1) is 5.92 Å². The number of ether oxygens (including phenoxy) is 1. The van der Waals surface area contributed by atoms with Crippen LogP contribution in [0, 0.1) is 11.8 Å². The Labute approximate surface area is 92.4 Å². The second-order valence-corrected chi connectivity index (χ2v) is 3.95. The normalized spacial score (nSPS) is 20.7. The van der Waals surface area contributed by atoms with Gasteiger partial charge < -0.3 is 4.74 Å². The predicted octanol–water partition coefficient (Wildman–Crippen LogP) is 3.06. The number of hydrogen-bond donors (Lipinski definition) is 0. The molecular formula is C13H20O2. The molecule has 0 aliphatic carbocycles. The van der Waals surface area contributed by atoms with Crippen LogP contribution in [-0.4, -0.2) is 12.6 Å². The maximum Gasteiger partial charge on any atom is 0.305 e. The first kappa shape index (κ1) is 12.1. The summed E-state index contributed by atoms with van der Waals surface area (Å²) in [5.74, 6) is 6.08. The van der Waals surface area contributed by atoms with Crippen LogP contribution in [0.2, 0.25) is 0 Å². The summed E-state index contributed by atoms with van der Waals surface area (Å²) in [5, 5.41) is 0. The third kappa shape index (κ3) is 7.02. The summed E-state index contributed by atoms with van der Waals surface area (Å²) in [6.07, 6.45) is 9.39. The van der Waals surface area contributed by atoms with Gasteiger partial charge in [-0.25, -0.2) is 0 Å². The average Bonchev–Trinajstić information content (AvgIpc) is 2.24. The van der Waals surface area contributed by atoms with Gasteiger partial charge in [0.2, 0.25) is 0 Å². The van der Waals surface area contributed by atoms with E-state index in [-0.39, 0.29) is 5.97 Å². The van der Waals surface area contributed by atoms with E-state index < -0.39 is 0 Å². The lowest BCUT2D eigenvalue weighted by Crippen LogP contribution is -2.05. The van der Waals surface area contributed by atoms with E-state index in [4.69, 9.17) is 4.74 Å². The zero-order chi connectivity index (χ0) is 10.8. The van der Waals surface area contributed by atoms with E-state index in [2.05, 4.69) is 11.8 Å². The molecule has 2 heteroatoms. The van der Waals surface area contributed by atoms with Gasteiger partial charge in [0.1, 0.15) is 6.61 Å². The van der Waals surface area contributed by atoms with E-state index in [1.165, 1.54) is 25.7 Å². The van der Waals surface area contributed by atoms with Crippen molar-refractivity contribution in [2.24, 2.45) is 0 Å². The van der Waals surface area contributed by atoms with Gasteiger partial charge in [-0.3, -0.25) is 4.79 Å². The molecule has 0 fully saturated rings. The number of esters is 1. The van der Waals surface area contributed by atoms with Crippen molar-refractivity contribution >= 4 is 5.97 Å². The molecule has 1 heterocycles. The highest BCUT2D eigenvalue weighted by Gasteiger charge is 2.01. The van der Waals surface area contributed by atoms with E-state index in [1.807, 2.05) is 0 Å². The summed E-state index contributed by atoms with van der Waals surface area (Å²) >= 11 is 0. The average molecular weight is 208 g/mol. The first-order valence-corrected chi connectivity index (χ1v) is 6.01. The Balaban J connectivity index is 2.24. The molecule has 0 aromatic rings. The molecule has 1 aliphatic rings. The first-order chi connectivity index (χ1) is 7.39. The minimum atomic E-state index is -0.0612. The van der Waals surface area contributed by atoms with Crippen LogP contribution in [-0.2, 0) is 9.53 Å². The van der Waals surface area contributed by atoms with Crippen LogP contribution in [0.5, 0.6) is 0 Å². The minimum Gasteiger partial charge on any atom is -0.465 e. The van der Waals surface area contributed by atoms with Crippen LogP contribution in [0.3, 0.4) is 0 Å². The zero-order valence-corrected chi connectivity index (χ0v) is 9.39. The Hall–Kier alpha value is -0.970. The standard InChI is InChI=1S/C13H20O2/c14-13-11-9-7-5-3-1-2-4-6-8-10-12-15-13/h1-5,7,9-12H2. The van der Waals surface area contributed by atoms with Gasteiger partial charge in [-0.2, -0.15) is 0 Å². The topological polar surface area (TPSA) is 26.3 Å². The molecule has 0 saturated carbocycles. The van der Waals surface area contributed by atoms with Crippen molar-refractivity contribution in [3.63, 3.8) is 0 Å². The van der Waals surface area contributed by atoms with E-state index in [0.717, 1.165) is 19.3 Å². The largest absolute Gasteiger partial charge is 0.465 e. The Morgan fingerprint density at radius 2 is 1.53 bits per heavy atom. The first-order valence-electron chi connectivity index (χ1n) is 6.01. The van der Waals surface area contributed by atoms with E-state index in [1.54, 1.807) is 0 Å². The second-order valence-electron chi connectivity index (χ2n) is 3.95. The Bertz CT molecular complexity index is 235. The van der Waals surface area contributed by atoms with Crippen LogP contribution in [0.4, 0.5) is 0 Å². The third-order valence-electron chi connectivity index (χ3n) is 2.55. The Morgan fingerprint density at radius 1 is 0.867 bits per heavy atom. The fraction of sp³-hybridized carbons (Fsp3) is 0.769. The number of cyclic esters (lactones) is 1. The van der Waals surface area contributed by atoms with Crippen LogP contribution in [0.25, 0.3) is 0 Å². The van der Waals surface area contributed by atoms with Gasteiger partial charge in [-0.1, -0.05) is 31.6 Å². The van der Waals surface area contributed by atoms with Crippen molar-refractivity contribution in [2.75, 3.05) is 6.61 Å². The fourth-order valence-corrected chi connectivity index (χ4v) is 1.65. The van der Waals surface area contributed by atoms with Gasteiger partial charge >= 0.3 is 5.97 Å². The monoisotopic (exact) mass is 208 g/mol. The Kier molecular flexibility index (Phi) is 6.73. The molecule has 0 unspecified atom stereocenters. The maximum atomic E-state index is 11.2. The van der Waals surface area contributed by atoms with E-state index in [0.29, 0.717) is 19.4 Å². The minimum absolute atomic E-state index is 0.0612. The van der Waals surface area contributed by atoms with Crippen molar-refractivity contribution in [1.29, 1.82) is 0 Å². The summed E-state index contributed by atoms with van der Waals surface area (Å²) in [6, 6.07) is 0. The van der Waals surface area contributed by atoms with Gasteiger partial charge in [-0.05, 0) is 12.8 Å². The molecule has 15 heavy (non-hydrogen) atoms. The SMILES string of the molecule is O=C1CCCCCCCCC#CCCO1. The third-order valence-corrected chi connectivity index (χ3v) is 2.55. The van der Waals surface area contributed by atoms with Crippen LogP contribution >= 0.6 is 0 Å². The summed E-state index contributed by atoms with van der Waals surface area (Å²) in [4.78, 5) is 11.2. The van der Waals surface area contributed by atoms with Gasteiger partial charge in [0.25, 0.3) is 0 Å². The van der Waals surface area contributed by atoms with Gasteiger partial charge in [0, 0.05) is 19.3 Å². The Morgan fingerprint density at radius 3 is 2.40 bits per heavy atom. The van der Waals surface area contributed by atoms with Crippen LogP contribution in [0.1, 0.15) is 57.8 Å². The zero-order valence-electron chi connectivity index (χ0n) is 9.39. The van der Waals surface area contributed by atoms with Crippen molar-refractivity contribution in [3.8, 4) is 11.8 Å². The van der Waals surface area contributed by atoms with Crippen molar-refractivity contribution in [3.05, 3.63) is 0 Å². The molecule has 0 spiro atoms. The lowest BCUT2D eigenvalue weighted by Gasteiger charge is -2.03. The van der Waals surface area contributed by atoms with E-state index in [9.17, 15) is 4.79 Å². The number of hydrogen-bond acceptors (Lipinski definition) is 2. The second kappa shape index (κ2) is 8.35. The van der Waals surface area contributed by atoms with E-state index >= 15 is 0 Å². The van der Waals surface area contributed by atoms with Gasteiger partial charge in [0.05, 0.1) is 0 Å². The summed E-state index contributed by atoms with van der Waals surface area (Å²) in [5.41, 5.74) is 0. The summed E-state index contributed by atoms with van der Waals surface area (Å²) in [7, 11) is 0. The lowest BCUT2D eigenvalue weighted by molar-refractivity contribution is -0.143. The molecule has 2 nitrogen and oxygen atoms in total.